The molecule has 0 aliphatic carbocycles. The maximum absolute atomic E-state index is 12.7. The van der Waals surface area contributed by atoms with Gasteiger partial charge >= 0.3 is 5.97 Å². The van der Waals surface area contributed by atoms with E-state index in [0.29, 0.717) is 16.3 Å². The van der Waals surface area contributed by atoms with E-state index >= 15 is 0 Å². The van der Waals surface area contributed by atoms with E-state index in [2.05, 4.69) is 5.32 Å². The second-order valence-corrected chi connectivity index (χ2v) is 7.70. The highest BCUT2D eigenvalue weighted by molar-refractivity contribution is 7.17. The summed E-state index contributed by atoms with van der Waals surface area (Å²) >= 11 is 1.35. The van der Waals surface area contributed by atoms with Crippen molar-refractivity contribution < 1.29 is 19.1 Å². The summed E-state index contributed by atoms with van der Waals surface area (Å²) in [6.07, 6.45) is 0. The lowest BCUT2D eigenvalue weighted by Gasteiger charge is -2.10. The molecule has 1 amide bonds. The summed E-state index contributed by atoms with van der Waals surface area (Å²) in [7, 11) is 0. The van der Waals surface area contributed by atoms with E-state index in [1.807, 2.05) is 68.4 Å². The molecule has 0 fully saturated rings. The Morgan fingerprint density at radius 3 is 2.34 bits per heavy atom. The van der Waals surface area contributed by atoms with Gasteiger partial charge in [0.15, 0.2) is 6.61 Å². The fourth-order valence-electron chi connectivity index (χ4n) is 2.93. The average Bonchev–Trinajstić information content (AvgIpc) is 3.04. The Bertz CT molecular complexity index is 994. The van der Waals surface area contributed by atoms with Gasteiger partial charge in [0.05, 0.1) is 6.61 Å². The van der Waals surface area contributed by atoms with Crippen LogP contribution in [0.15, 0.2) is 54.6 Å². The monoisotopic (exact) mass is 409 g/mol. The highest BCUT2D eigenvalue weighted by atomic mass is 32.1. The summed E-state index contributed by atoms with van der Waals surface area (Å²) in [5, 5.41) is 3.29. The van der Waals surface area contributed by atoms with Crippen LogP contribution in [0.2, 0.25) is 0 Å². The maximum atomic E-state index is 12.7. The number of hydrogen-bond acceptors (Lipinski definition) is 5. The largest absolute Gasteiger partial charge is 0.484 e. The number of aryl methyl sites for hydroxylation is 2. The molecule has 0 aliphatic rings. The summed E-state index contributed by atoms with van der Waals surface area (Å²) in [5.74, 6) is -0.175. The van der Waals surface area contributed by atoms with Gasteiger partial charge in [-0.1, -0.05) is 48.0 Å². The molecule has 1 N–H and O–H groups in total. The lowest BCUT2D eigenvalue weighted by atomic mass is 10.0. The van der Waals surface area contributed by atoms with Gasteiger partial charge in [0, 0.05) is 10.4 Å². The molecule has 150 valence electrons. The Kier molecular flexibility index (Phi) is 6.67. The van der Waals surface area contributed by atoms with Crippen LogP contribution in [-0.2, 0) is 9.53 Å². The van der Waals surface area contributed by atoms with E-state index in [4.69, 9.17) is 9.47 Å². The van der Waals surface area contributed by atoms with Crippen LogP contribution < -0.4 is 10.1 Å². The summed E-state index contributed by atoms with van der Waals surface area (Å²) < 4.78 is 10.8. The Hall–Kier alpha value is -3.12. The minimum atomic E-state index is -0.453. The van der Waals surface area contributed by atoms with Crippen molar-refractivity contribution in [2.75, 3.05) is 18.5 Å². The first-order valence-electron chi connectivity index (χ1n) is 9.34. The van der Waals surface area contributed by atoms with Crippen molar-refractivity contribution in [2.45, 2.75) is 20.8 Å². The van der Waals surface area contributed by atoms with Crippen molar-refractivity contribution in [3.05, 3.63) is 70.6 Å². The van der Waals surface area contributed by atoms with Crippen LogP contribution in [0.4, 0.5) is 5.00 Å². The van der Waals surface area contributed by atoms with Gasteiger partial charge < -0.3 is 14.8 Å². The van der Waals surface area contributed by atoms with Crippen LogP contribution in [0.25, 0.3) is 11.1 Å². The number of hydrogen-bond donors (Lipinski definition) is 1. The molecule has 6 heteroatoms. The number of benzene rings is 2. The molecule has 0 aliphatic heterocycles. The number of carbonyl (C=O) groups is 2. The second-order valence-electron chi connectivity index (χ2n) is 6.47. The van der Waals surface area contributed by atoms with Crippen LogP contribution in [-0.4, -0.2) is 25.1 Å². The molecule has 29 heavy (non-hydrogen) atoms. The number of amides is 1. The van der Waals surface area contributed by atoms with Crippen molar-refractivity contribution >= 4 is 28.2 Å². The predicted octanol–water partition coefficient (Wildman–Crippen LogP) is 5.23. The molecular formula is C23H23NO4S. The standard InChI is InChI=1S/C23H23NO4S/c1-4-27-23(26)21-20(17-8-6-5-7-9-17)16(3)29-22(21)24-19(25)14-28-18-12-10-15(2)11-13-18/h5-13H,4,14H2,1-3H3,(H,24,25). The summed E-state index contributed by atoms with van der Waals surface area (Å²) in [5.41, 5.74) is 3.18. The molecule has 5 nitrogen and oxygen atoms in total. The van der Waals surface area contributed by atoms with Gasteiger partial charge in [-0.3, -0.25) is 4.79 Å². The van der Waals surface area contributed by atoms with E-state index in [0.717, 1.165) is 21.6 Å². The van der Waals surface area contributed by atoms with E-state index in [1.165, 1.54) is 11.3 Å². The lowest BCUT2D eigenvalue weighted by molar-refractivity contribution is -0.118. The predicted molar refractivity (Wildman–Crippen MR) is 116 cm³/mol. The Morgan fingerprint density at radius 2 is 1.69 bits per heavy atom. The molecule has 2 aromatic carbocycles. The zero-order valence-corrected chi connectivity index (χ0v) is 17.5. The van der Waals surface area contributed by atoms with Gasteiger partial charge in [-0.05, 0) is 38.5 Å². The highest BCUT2D eigenvalue weighted by Crippen LogP contribution is 2.40. The molecule has 1 aromatic heterocycles. The molecule has 0 saturated heterocycles. The van der Waals surface area contributed by atoms with Gasteiger partial charge in [-0.15, -0.1) is 11.3 Å². The molecule has 0 radical (unpaired) electrons. The molecule has 0 unspecified atom stereocenters. The van der Waals surface area contributed by atoms with Crippen LogP contribution in [0.3, 0.4) is 0 Å². The quantitative estimate of drug-likeness (QED) is 0.543. The fourth-order valence-corrected chi connectivity index (χ4v) is 4.01. The van der Waals surface area contributed by atoms with Crippen molar-refractivity contribution in [2.24, 2.45) is 0 Å². The van der Waals surface area contributed by atoms with E-state index in [9.17, 15) is 9.59 Å². The molecule has 0 atom stereocenters. The molecule has 0 bridgehead atoms. The zero-order valence-electron chi connectivity index (χ0n) is 16.7. The van der Waals surface area contributed by atoms with Crippen LogP contribution in [0, 0.1) is 13.8 Å². The average molecular weight is 410 g/mol. The van der Waals surface area contributed by atoms with Gasteiger partial charge in [0.25, 0.3) is 5.91 Å². The number of thiophene rings is 1. The van der Waals surface area contributed by atoms with Crippen molar-refractivity contribution in [1.29, 1.82) is 0 Å². The SMILES string of the molecule is CCOC(=O)c1c(NC(=O)COc2ccc(C)cc2)sc(C)c1-c1ccccc1. The van der Waals surface area contributed by atoms with Crippen LogP contribution >= 0.6 is 11.3 Å². The summed E-state index contributed by atoms with van der Waals surface area (Å²) in [6.45, 7) is 5.77. The van der Waals surface area contributed by atoms with Gasteiger partial charge in [-0.2, -0.15) is 0 Å². The van der Waals surface area contributed by atoms with E-state index in [-0.39, 0.29) is 19.1 Å². The number of anilines is 1. The minimum absolute atomic E-state index is 0.150. The summed E-state index contributed by atoms with van der Waals surface area (Å²) in [4.78, 5) is 26.1. The molecule has 3 rings (SSSR count). The third-order valence-corrected chi connectivity index (χ3v) is 5.29. The zero-order chi connectivity index (χ0) is 20.8. The third kappa shape index (κ3) is 5.03. The highest BCUT2D eigenvalue weighted by Gasteiger charge is 2.25. The Labute approximate surface area is 174 Å². The number of rotatable bonds is 7. The second kappa shape index (κ2) is 9.39. The Balaban J connectivity index is 1.83. The maximum Gasteiger partial charge on any atom is 0.341 e. The Morgan fingerprint density at radius 1 is 1.00 bits per heavy atom. The van der Waals surface area contributed by atoms with E-state index < -0.39 is 5.97 Å². The number of nitrogens with one attached hydrogen (secondary N) is 1. The molecule has 0 spiro atoms. The van der Waals surface area contributed by atoms with E-state index in [1.54, 1.807) is 6.92 Å². The first kappa shape index (κ1) is 20.6. The lowest BCUT2D eigenvalue weighted by Crippen LogP contribution is -2.21. The number of esters is 1. The smallest absolute Gasteiger partial charge is 0.341 e. The molecule has 0 saturated carbocycles. The topological polar surface area (TPSA) is 64.6 Å². The molecular weight excluding hydrogens is 386 g/mol. The minimum Gasteiger partial charge on any atom is -0.484 e. The van der Waals surface area contributed by atoms with Crippen LogP contribution in [0.5, 0.6) is 5.75 Å². The first-order valence-corrected chi connectivity index (χ1v) is 10.2. The van der Waals surface area contributed by atoms with Gasteiger partial charge in [-0.25, -0.2) is 4.79 Å². The van der Waals surface area contributed by atoms with Gasteiger partial charge in [0.1, 0.15) is 16.3 Å². The summed E-state index contributed by atoms with van der Waals surface area (Å²) in [6, 6.07) is 17.1. The normalized spacial score (nSPS) is 10.4. The number of carbonyl (C=O) groups excluding carboxylic acids is 2. The fraction of sp³-hybridized carbons (Fsp3) is 0.217. The third-order valence-electron chi connectivity index (χ3n) is 4.27. The van der Waals surface area contributed by atoms with Gasteiger partial charge in [0.2, 0.25) is 0 Å². The van der Waals surface area contributed by atoms with Crippen molar-refractivity contribution in [3.63, 3.8) is 0 Å². The van der Waals surface area contributed by atoms with Crippen molar-refractivity contribution in [3.8, 4) is 16.9 Å². The molecule has 1 heterocycles. The molecule has 3 aromatic rings. The number of ether oxygens (including phenoxy) is 2. The first-order chi connectivity index (χ1) is 14.0. The van der Waals surface area contributed by atoms with Crippen molar-refractivity contribution in [1.82, 2.24) is 0 Å². The van der Waals surface area contributed by atoms with Crippen LogP contribution in [0.1, 0.15) is 27.7 Å².